The quantitative estimate of drug-likeness (QED) is 0.875. The summed E-state index contributed by atoms with van der Waals surface area (Å²) in [6, 6.07) is 2.44. The SMILES string of the molecule is Cc1ccsc1N(C)C(=O)CC1CCCN1. The van der Waals surface area contributed by atoms with Crippen molar-refractivity contribution in [3.8, 4) is 0 Å². The highest BCUT2D eigenvalue weighted by Crippen LogP contribution is 2.26. The molecule has 1 aromatic rings. The molecule has 2 rings (SSSR count). The fraction of sp³-hybridized carbons (Fsp3) is 0.583. The maximum Gasteiger partial charge on any atom is 0.228 e. The summed E-state index contributed by atoms with van der Waals surface area (Å²) in [7, 11) is 1.87. The molecular formula is C12H18N2OS. The Kier molecular flexibility index (Phi) is 3.61. The minimum atomic E-state index is 0.213. The summed E-state index contributed by atoms with van der Waals surface area (Å²) in [4.78, 5) is 13.8. The number of nitrogens with zero attached hydrogens (tertiary/aromatic N) is 1. The summed E-state index contributed by atoms with van der Waals surface area (Å²) < 4.78 is 0. The summed E-state index contributed by atoms with van der Waals surface area (Å²) in [5.41, 5.74) is 1.18. The van der Waals surface area contributed by atoms with Gasteiger partial charge in [0, 0.05) is 19.5 Å². The number of amides is 1. The van der Waals surface area contributed by atoms with Gasteiger partial charge in [-0.15, -0.1) is 11.3 Å². The van der Waals surface area contributed by atoms with Crippen molar-refractivity contribution >= 4 is 22.2 Å². The summed E-state index contributed by atoms with van der Waals surface area (Å²) in [5, 5.41) is 6.46. The van der Waals surface area contributed by atoms with Crippen LogP contribution in [0.15, 0.2) is 11.4 Å². The molecule has 1 atom stereocenters. The zero-order chi connectivity index (χ0) is 11.5. The number of hydrogen-bond acceptors (Lipinski definition) is 3. The van der Waals surface area contributed by atoms with Gasteiger partial charge < -0.3 is 10.2 Å². The van der Waals surface area contributed by atoms with E-state index in [4.69, 9.17) is 0 Å². The fourth-order valence-electron chi connectivity index (χ4n) is 2.10. The Morgan fingerprint density at radius 3 is 3.06 bits per heavy atom. The molecule has 1 saturated heterocycles. The van der Waals surface area contributed by atoms with Gasteiger partial charge in [-0.2, -0.15) is 0 Å². The molecule has 88 valence electrons. The van der Waals surface area contributed by atoms with Crippen LogP contribution < -0.4 is 10.2 Å². The first-order valence-electron chi connectivity index (χ1n) is 5.72. The van der Waals surface area contributed by atoms with Gasteiger partial charge in [-0.1, -0.05) is 0 Å². The van der Waals surface area contributed by atoms with Gasteiger partial charge in [0.1, 0.15) is 5.00 Å². The smallest absolute Gasteiger partial charge is 0.228 e. The van der Waals surface area contributed by atoms with E-state index in [1.54, 1.807) is 16.2 Å². The molecule has 1 amide bonds. The van der Waals surface area contributed by atoms with E-state index in [1.165, 1.54) is 12.0 Å². The Hall–Kier alpha value is -0.870. The van der Waals surface area contributed by atoms with Gasteiger partial charge in [0.25, 0.3) is 0 Å². The van der Waals surface area contributed by atoms with E-state index in [-0.39, 0.29) is 5.91 Å². The number of hydrogen-bond donors (Lipinski definition) is 1. The van der Waals surface area contributed by atoms with E-state index in [0.717, 1.165) is 18.0 Å². The molecule has 0 bridgehead atoms. The van der Waals surface area contributed by atoms with Crippen LogP contribution >= 0.6 is 11.3 Å². The number of aryl methyl sites for hydroxylation is 1. The highest BCUT2D eigenvalue weighted by Gasteiger charge is 2.21. The van der Waals surface area contributed by atoms with Crippen molar-refractivity contribution in [1.82, 2.24) is 5.32 Å². The lowest BCUT2D eigenvalue weighted by atomic mass is 10.1. The molecule has 1 aromatic heterocycles. The molecule has 4 heteroatoms. The lowest BCUT2D eigenvalue weighted by Gasteiger charge is -2.18. The summed E-state index contributed by atoms with van der Waals surface area (Å²) in [5.74, 6) is 0.213. The second kappa shape index (κ2) is 4.97. The van der Waals surface area contributed by atoms with Gasteiger partial charge in [0.2, 0.25) is 5.91 Å². The topological polar surface area (TPSA) is 32.3 Å². The second-order valence-electron chi connectivity index (χ2n) is 4.36. The third kappa shape index (κ3) is 2.44. The van der Waals surface area contributed by atoms with E-state index < -0.39 is 0 Å². The third-order valence-corrected chi connectivity index (χ3v) is 4.19. The highest BCUT2D eigenvalue weighted by molar-refractivity contribution is 7.14. The molecule has 1 fully saturated rings. The molecule has 0 radical (unpaired) electrons. The Balaban J connectivity index is 1.96. The van der Waals surface area contributed by atoms with Crippen molar-refractivity contribution in [2.24, 2.45) is 0 Å². The van der Waals surface area contributed by atoms with Crippen LogP contribution in [0.1, 0.15) is 24.8 Å². The molecular weight excluding hydrogens is 220 g/mol. The maximum absolute atomic E-state index is 12.0. The predicted octanol–water partition coefficient (Wildman–Crippen LogP) is 2.16. The average molecular weight is 238 g/mol. The van der Waals surface area contributed by atoms with Gasteiger partial charge in [0.05, 0.1) is 0 Å². The van der Waals surface area contributed by atoms with Crippen LogP contribution in [0.2, 0.25) is 0 Å². The molecule has 1 aliphatic heterocycles. The molecule has 1 aliphatic rings. The van der Waals surface area contributed by atoms with E-state index in [0.29, 0.717) is 12.5 Å². The van der Waals surface area contributed by atoms with Crippen molar-refractivity contribution in [2.45, 2.75) is 32.2 Å². The molecule has 3 nitrogen and oxygen atoms in total. The van der Waals surface area contributed by atoms with Crippen LogP contribution in [-0.2, 0) is 4.79 Å². The molecule has 16 heavy (non-hydrogen) atoms. The number of thiophene rings is 1. The third-order valence-electron chi connectivity index (χ3n) is 3.10. The second-order valence-corrected chi connectivity index (χ2v) is 5.25. The van der Waals surface area contributed by atoms with Crippen LogP contribution in [0, 0.1) is 6.92 Å². The lowest BCUT2D eigenvalue weighted by Crippen LogP contribution is -2.33. The van der Waals surface area contributed by atoms with Crippen LogP contribution in [0.3, 0.4) is 0 Å². The molecule has 0 saturated carbocycles. The van der Waals surface area contributed by atoms with Crippen LogP contribution in [0.4, 0.5) is 5.00 Å². The van der Waals surface area contributed by atoms with Gasteiger partial charge in [-0.05, 0) is 43.3 Å². The summed E-state index contributed by atoms with van der Waals surface area (Å²) >= 11 is 1.63. The normalized spacial score (nSPS) is 20.0. The zero-order valence-electron chi connectivity index (χ0n) is 9.82. The van der Waals surface area contributed by atoms with Gasteiger partial charge >= 0.3 is 0 Å². The standard InChI is InChI=1S/C12H18N2OS/c1-9-5-7-16-12(9)14(2)11(15)8-10-4-3-6-13-10/h5,7,10,13H,3-4,6,8H2,1-2H3. The molecule has 0 spiro atoms. The number of rotatable bonds is 3. The van der Waals surface area contributed by atoms with Gasteiger partial charge in [-0.3, -0.25) is 4.79 Å². The van der Waals surface area contributed by atoms with Crippen molar-refractivity contribution in [3.63, 3.8) is 0 Å². The van der Waals surface area contributed by atoms with E-state index >= 15 is 0 Å². The number of anilines is 1. The van der Waals surface area contributed by atoms with Gasteiger partial charge in [-0.25, -0.2) is 0 Å². The Morgan fingerprint density at radius 1 is 1.69 bits per heavy atom. The Bertz CT molecular complexity index is 369. The molecule has 1 unspecified atom stereocenters. The summed E-state index contributed by atoms with van der Waals surface area (Å²) in [6.45, 7) is 3.10. The van der Waals surface area contributed by atoms with Crippen molar-refractivity contribution in [2.75, 3.05) is 18.5 Å². The summed E-state index contributed by atoms with van der Waals surface area (Å²) in [6.07, 6.45) is 2.94. The largest absolute Gasteiger partial charge is 0.313 e. The highest BCUT2D eigenvalue weighted by atomic mass is 32.1. The first kappa shape index (κ1) is 11.6. The van der Waals surface area contributed by atoms with Crippen LogP contribution in [0.25, 0.3) is 0 Å². The van der Waals surface area contributed by atoms with Crippen molar-refractivity contribution < 1.29 is 4.79 Å². The first-order valence-corrected chi connectivity index (χ1v) is 6.60. The minimum Gasteiger partial charge on any atom is -0.313 e. The fourth-order valence-corrected chi connectivity index (χ4v) is 3.02. The lowest BCUT2D eigenvalue weighted by molar-refractivity contribution is -0.118. The average Bonchev–Trinajstić information content (AvgIpc) is 2.88. The molecule has 1 N–H and O–H groups in total. The monoisotopic (exact) mass is 238 g/mol. The zero-order valence-corrected chi connectivity index (χ0v) is 10.6. The molecule has 2 heterocycles. The number of nitrogens with one attached hydrogen (secondary N) is 1. The van der Waals surface area contributed by atoms with E-state index in [2.05, 4.69) is 11.4 Å². The minimum absolute atomic E-state index is 0.213. The molecule has 0 aliphatic carbocycles. The van der Waals surface area contributed by atoms with Crippen molar-refractivity contribution in [1.29, 1.82) is 0 Å². The van der Waals surface area contributed by atoms with E-state index in [9.17, 15) is 4.79 Å². The molecule has 0 aromatic carbocycles. The number of carbonyl (C=O) groups excluding carboxylic acids is 1. The Labute approximate surface area is 100 Å². The first-order chi connectivity index (χ1) is 7.68. The number of carbonyl (C=O) groups is 1. The predicted molar refractivity (Wildman–Crippen MR) is 68.1 cm³/mol. The van der Waals surface area contributed by atoms with Crippen molar-refractivity contribution in [3.05, 3.63) is 17.0 Å². The Morgan fingerprint density at radius 2 is 2.50 bits per heavy atom. The van der Waals surface area contributed by atoms with E-state index in [1.807, 2.05) is 19.4 Å². The maximum atomic E-state index is 12.0. The van der Waals surface area contributed by atoms with Crippen LogP contribution in [-0.4, -0.2) is 25.5 Å². The van der Waals surface area contributed by atoms with Gasteiger partial charge in [0.15, 0.2) is 0 Å². The van der Waals surface area contributed by atoms with Crippen LogP contribution in [0.5, 0.6) is 0 Å².